The van der Waals surface area contributed by atoms with Crippen molar-refractivity contribution in [2.24, 2.45) is 5.41 Å². The zero-order valence-corrected chi connectivity index (χ0v) is 22.7. The molecule has 1 aromatic carbocycles. The van der Waals surface area contributed by atoms with Gasteiger partial charge in [0, 0.05) is 54.9 Å². The van der Waals surface area contributed by atoms with Gasteiger partial charge in [0.05, 0.1) is 27.0 Å². The first-order chi connectivity index (χ1) is 18.0. The number of nitrogens with zero attached hydrogens (tertiary/aromatic N) is 3. The Bertz CT molecular complexity index is 1290. The molecule has 2 saturated carbocycles. The van der Waals surface area contributed by atoms with Crippen LogP contribution < -0.4 is 10.2 Å². The molecule has 0 bridgehead atoms. The maximum atomic E-state index is 13.6. The molecule has 1 aliphatic heterocycles. The van der Waals surface area contributed by atoms with Gasteiger partial charge in [-0.1, -0.05) is 0 Å². The average molecular weight is 550 g/mol. The second-order valence-corrected chi connectivity index (χ2v) is 13.5. The largest absolute Gasteiger partial charge is 0.396 e. The van der Waals surface area contributed by atoms with Crippen LogP contribution in [0.1, 0.15) is 79.9 Å². The van der Waals surface area contributed by atoms with E-state index in [2.05, 4.69) is 15.3 Å². The molecular formula is C27H37F2N5O3S. The second kappa shape index (κ2) is 10.2. The first kappa shape index (κ1) is 27.1. The molecule has 1 atom stereocenters. The van der Waals surface area contributed by atoms with Crippen LogP contribution in [-0.4, -0.2) is 56.4 Å². The number of hydrogen-bond acceptors (Lipinski definition) is 6. The van der Waals surface area contributed by atoms with Gasteiger partial charge in [0.25, 0.3) is 5.91 Å². The maximum Gasteiger partial charge on any atom is 0.258 e. The third-order valence-electron chi connectivity index (χ3n) is 8.50. The number of piperidine rings is 1. The third-order valence-corrected chi connectivity index (χ3v) is 10.4. The Morgan fingerprint density at radius 2 is 1.84 bits per heavy atom. The zero-order chi connectivity index (χ0) is 27.1. The van der Waals surface area contributed by atoms with E-state index in [-0.39, 0.29) is 43.6 Å². The number of aliphatic hydroxyl groups excluding tert-OH is 1. The molecule has 2 aromatic rings. The van der Waals surface area contributed by atoms with E-state index in [0.717, 1.165) is 31.6 Å². The number of rotatable bonds is 8. The summed E-state index contributed by atoms with van der Waals surface area (Å²) in [4.78, 5) is 16.0. The highest BCUT2D eigenvalue weighted by molar-refractivity contribution is 7.92. The van der Waals surface area contributed by atoms with Gasteiger partial charge in [-0.05, 0) is 75.5 Å². The number of hydrogen-bond donors (Lipinski definition) is 3. The topological polar surface area (TPSA) is 111 Å². The summed E-state index contributed by atoms with van der Waals surface area (Å²) in [7, 11) is -3.11. The van der Waals surface area contributed by atoms with Crippen LogP contribution in [-0.2, 0) is 9.73 Å². The number of anilines is 2. The molecule has 2 aliphatic carbocycles. The molecular weight excluding hydrogens is 512 g/mol. The van der Waals surface area contributed by atoms with Gasteiger partial charge in [0.15, 0.2) is 5.82 Å². The van der Waals surface area contributed by atoms with Gasteiger partial charge in [-0.15, -0.1) is 0 Å². The van der Waals surface area contributed by atoms with E-state index in [9.17, 15) is 17.8 Å². The van der Waals surface area contributed by atoms with Crippen LogP contribution in [0.15, 0.2) is 29.2 Å². The predicted octanol–water partition coefficient (Wildman–Crippen LogP) is 5.36. The van der Waals surface area contributed by atoms with Gasteiger partial charge in [-0.3, -0.25) is 9.48 Å². The molecule has 1 spiro atoms. The molecule has 3 N–H and O–H groups in total. The molecule has 1 amide bonds. The number of carbonyl (C=O) groups is 1. The van der Waals surface area contributed by atoms with E-state index in [1.807, 2.05) is 6.92 Å². The summed E-state index contributed by atoms with van der Waals surface area (Å²) in [5.74, 6) is -2.56. The molecule has 11 heteroatoms. The van der Waals surface area contributed by atoms with Crippen molar-refractivity contribution >= 4 is 27.1 Å². The fraction of sp³-hybridized carbons (Fsp3) is 0.630. The first-order valence-electron chi connectivity index (χ1n) is 13.5. The van der Waals surface area contributed by atoms with Crippen LogP contribution >= 0.6 is 0 Å². The SMILES string of the molecule is Cc1cc(NC(=O)c2ccc(S(=N)(=O)CCCO)cc2N2CCC3(CC2)CC3)nn1C1CCC(F)(F)CC1. The van der Waals surface area contributed by atoms with Crippen molar-refractivity contribution in [2.75, 3.05) is 35.7 Å². The Morgan fingerprint density at radius 1 is 1.16 bits per heavy atom. The van der Waals surface area contributed by atoms with Crippen molar-refractivity contribution in [1.29, 1.82) is 4.78 Å². The predicted molar refractivity (Wildman–Crippen MR) is 143 cm³/mol. The number of alkyl halides is 2. The quantitative estimate of drug-likeness (QED) is 0.410. The second-order valence-electron chi connectivity index (χ2n) is 11.3. The van der Waals surface area contributed by atoms with Gasteiger partial charge >= 0.3 is 0 Å². The highest BCUT2D eigenvalue weighted by Crippen LogP contribution is 2.54. The normalized spacial score (nSPS) is 22.3. The van der Waals surface area contributed by atoms with Crippen molar-refractivity contribution in [2.45, 2.75) is 81.6 Å². The Kier molecular flexibility index (Phi) is 7.28. The number of amides is 1. The molecule has 3 fully saturated rings. The highest BCUT2D eigenvalue weighted by Gasteiger charge is 2.44. The van der Waals surface area contributed by atoms with Gasteiger partial charge < -0.3 is 15.3 Å². The lowest BCUT2D eigenvalue weighted by atomic mass is 9.92. The Balaban J connectivity index is 1.38. The van der Waals surface area contributed by atoms with Crippen molar-refractivity contribution in [3.05, 3.63) is 35.5 Å². The van der Waals surface area contributed by atoms with Gasteiger partial charge in [-0.2, -0.15) is 5.10 Å². The molecule has 5 rings (SSSR count). The van der Waals surface area contributed by atoms with E-state index >= 15 is 0 Å². The van der Waals surface area contributed by atoms with Crippen molar-refractivity contribution in [1.82, 2.24) is 9.78 Å². The molecule has 1 unspecified atom stereocenters. The molecule has 3 aliphatic rings. The van der Waals surface area contributed by atoms with Crippen molar-refractivity contribution in [3.8, 4) is 0 Å². The number of nitrogens with one attached hydrogen (secondary N) is 2. The minimum atomic E-state index is -3.11. The summed E-state index contributed by atoms with van der Waals surface area (Å²) in [6.07, 6.45) is 5.21. The Hall–Kier alpha value is -2.53. The van der Waals surface area contributed by atoms with E-state index in [0.29, 0.717) is 40.2 Å². The monoisotopic (exact) mass is 549 g/mol. The number of halogens is 2. The lowest BCUT2D eigenvalue weighted by Gasteiger charge is -2.35. The summed E-state index contributed by atoms with van der Waals surface area (Å²) in [6.45, 7) is 3.31. The van der Waals surface area contributed by atoms with Gasteiger partial charge in [-0.25, -0.2) is 17.8 Å². The standard InChI is InChI=1S/C27H37F2N5O3S/c1-19-17-24(32-34(19)20-5-7-27(28,29)8-6-20)31-25(36)22-4-3-21(38(30,37)16-2-15-35)18-23(22)33-13-11-26(9-10-26)12-14-33/h3-4,17-18,20,30,35H,2,5-16H2,1H3,(H,31,32,36). The zero-order valence-electron chi connectivity index (χ0n) is 21.8. The van der Waals surface area contributed by atoms with Crippen molar-refractivity contribution in [3.63, 3.8) is 0 Å². The lowest BCUT2D eigenvalue weighted by molar-refractivity contribution is -0.0451. The molecule has 2 heterocycles. The summed E-state index contributed by atoms with van der Waals surface area (Å²) < 4.78 is 50.5. The molecule has 1 aromatic heterocycles. The van der Waals surface area contributed by atoms with E-state index in [1.165, 1.54) is 12.8 Å². The first-order valence-corrected chi connectivity index (χ1v) is 15.3. The van der Waals surface area contributed by atoms with Gasteiger partial charge in [0.2, 0.25) is 5.92 Å². The molecule has 1 saturated heterocycles. The third kappa shape index (κ3) is 5.73. The fourth-order valence-corrected chi connectivity index (χ4v) is 7.19. The van der Waals surface area contributed by atoms with Crippen LogP contribution in [0.3, 0.4) is 0 Å². The number of aromatic nitrogens is 2. The number of carbonyl (C=O) groups excluding carboxylic acids is 1. The fourth-order valence-electron chi connectivity index (χ4n) is 5.83. The van der Waals surface area contributed by atoms with Crippen LogP contribution in [0, 0.1) is 17.1 Å². The number of aryl methyl sites for hydroxylation is 1. The number of benzene rings is 1. The van der Waals surface area contributed by atoms with Crippen LogP contribution in [0.5, 0.6) is 0 Å². The summed E-state index contributed by atoms with van der Waals surface area (Å²) in [6, 6.07) is 6.54. The van der Waals surface area contributed by atoms with Crippen LogP contribution in [0.25, 0.3) is 0 Å². The van der Waals surface area contributed by atoms with Crippen molar-refractivity contribution < 1.29 is 22.9 Å². The minimum absolute atomic E-state index is 0.0569. The van der Waals surface area contributed by atoms with E-state index in [1.54, 1.807) is 28.9 Å². The Morgan fingerprint density at radius 3 is 2.47 bits per heavy atom. The smallest absolute Gasteiger partial charge is 0.258 e. The molecule has 38 heavy (non-hydrogen) atoms. The Labute approximate surface area is 222 Å². The van der Waals surface area contributed by atoms with Crippen LogP contribution in [0.4, 0.5) is 20.3 Å². The molecule has 0 radical (unpaired) electrons. The van der Waals surface area contributed by atoms with E-state index in [4.69, 9.17) is 9.89 Å². The average Bonchev–Trinajstić information content (AvgIpc) is 3.54. The van der Waals surface area contributed by atoms with Crippen LogP contribution in [0.2, 0.25) is 0 Å². The minimum Gasteiger partial charge on any atom is -0.396 e. The summed E-state index contributed by atoms with van der Waals surface area (Å²) >= 11 is 0. The summed E-state index contributed by atoms with van der Waals surface area (Å²) in [5.41, 5.74) is 2.32. The number of aliphatic hydroxyl groups is 1. The highest BCUT2D eigenvalue weighted by atomic mass is 32.2. The molecule has 208 valence electrons. The lowest BCUT2D eigenvalue weighted by Crippen LogP contribution is -2.36. The maximum absolute atomic E-state index is 13.6. The molecule has 8 nitrogen and oxygen atoms in total. The van der Waals surface area contributed by atoms with Gasteiger partial charge in [0.1, 0.15) is 0 Å². The van der Waals surface area contributed by atoms with E-state index < -0.39 is 15.7 Å². The summed E-state index contributed by atoms with van der Waals surface area (Å²) in [5, 5.41) is 16.6.